The topological polar surface area (TPSA) is 21.6 Å². The van der Waals surface area contributed by atoms with E-state index in [4.69, 9.17) is 4.74 Å². The third-order valence-electron chi connectivity index (χ3n) is 2.39. The van der Waals surface area contributed by atoms with E-state index >= 15 is 0 Å². The molecule has 0 saturated carbocycles. The summed E-state index contributed by atoms with van der Waals surface area (Å²) in [5, 5.41) is 0. The first-order chi connectivity index (χ1) is 6.31. The van der Waals surface area contributed by atoms with Crippen LogP contribution in [0.25, 0.3) is 0 Å². The third kappa shape index (κ3) is 1.44. The number of dihydropyridines is 1. The molecular weight excluding hydrogens is 162 g/mol. The van der Waals surface area contributed by atoms with Gasteiger partial charge in [0, 0.05) is 0 Å². The molecule has 0 saturated heterocycles. The van der Waals surface area contributed by atoms with E-state index in [0.717, 1.165) is 5.90 Å². The number of allylic oxidation sites excluding steroid dienone is 2. The molecule has 1 aliphatic carbocycles. The molecule has 0 fully saturated rings. The number of hydrogen-bond donors (Lipinski definition) is 0. The highest BCUT2D eigenvalue weighted by molar-refractivity contribution is 5.84. The van der Waals surface area contributed by atoms with E-state index in [0.29, 0.717) is 0 Å². The minimum absolute atomic E-state index is 0.177. The van der Waals surface area contributed by atoms with Gasteiger partial charge in [0.2, 0.25) is 0 Å². The maximum atomic E-state index is 5.23. The minimum Gasteiger partial charge on any atom is -0.484 e. The summed E-state index contributed by atoms with van der Waals surface area (Å²) in [6.45, 7) is 2.11. The van der Waals surface area contributed by atoms with Gasteiger partial charge in [-0.3, -0.25) is 0 Å². The van der Waals surface area contributed by atoms with Crippen molar-refractivity contribution < 1.29 is 4.74 Å². The number of rotatable bonds is 0. The molecule has 0 spiro atoms. The van der Waals surface area contributed by atoms with Gasteiger partial charge in [0.1, 0.15) is 0 Å². The zero-order chi connectivity index (χ0) is 9.26. The van der Waals surface area contributed by atoms with Crippen LogP contribution in [0.4, 0.5) is 0 Å². The Bertz CT molecular complexity index is 323. The minimum atomic E-state index is 0.177. The fourth-order valence-corrected chi connectivity index (χ4v) is 1.65. The molecule has 2 aliphatic heterocycles. The summed E-state index contributed by atoms with van der Waals surface area (Å²) >= 11 is 0. The van der Waals surface area contributed by atoms with Gasteiger partial charge in [-0.05, 0) is 12.5 Å². The van der Waals surface area contributed by atoms with Crippen LogP contribution in [0.5, 0.6) is 0 Å². The number of hydrogen-bond acceptors (Lipinski definition) is 2. The summed E-state index contributed by atoms with van der Waals surface area (Å²) in [6.07, 6.45) is 10.5. The van der Waals surface area contributed by atoms with E-state index in [1.165, 1.54) is 5.57 Å². The third-order valence-corrected chi connectivity index (χ3v) is 2.39. The molecule has 13 heavy (non-hydrogen) atoms. The first-order valence-electron chi connectivity index (χ1n) is 4.46. The molecule has 68 valence electrons. The van der Waals surface area contributed by atoms with Crippen molar-refractivity contribution in [1.82, 2.24) is 0 Å². The van der Waals surface area contributed by atoms with E-state index in [2.05, 4.69) is 30.1 Å². The predicted octanol–water partition coefficient (Wildman–Crippen LogP) is 2.10. The average Bonchev–Trinajstić information content (AvgIpc) is 2.08. The highest BCUT2D eigenvalue weighted by Crippen LogP contribution is 2.23. The molecule has 0 aromatic heterocycles. The smallest absolute Gasteiger partial charge is 0.194 e. The van der Waals surface area contributed by atoms with E-state index < -0.39 is 0 Å². The van der Waals surface area contributed by atoms with E-state index in [1.54, 1.807) is 7.11 Å². The summed E-state index contributed by atoms with van der Waals surface area (Å²) < 4.78 is 5.23. The molecule has 2 nitrogen and oxygen atoms in total. The molecule has 2 unspecified atom stereocenters. The van der Waals surface area contributed by atoms with Crippen LogP contribution in [-0.4, -0.2) is 19.0 Å². The molecule has 3 rings (SSSR count). The Morgan fingerprint density at radius 1 is 1.31 bits per heavy atom. The highest BCUT2D eigenvalue weighted by Gasteiger charge is 2.21. The lowest BCUT2D eigenvalue weighted by atomic mass is 9.95. The second-order valence-electron chi connectivity index (χ2n) is 3.32. The summed E-state index contributed by atoms with van der Waals surface area (Å²) in [5.41, 5.74) is 1.30. The molecule has 2 atom stereocenters. The molecule has 0 aromatic rings. The number of ether oxygens (including phenoxy) is 1. The molecule has 0 radical (unpaired) electrons. The van der Waals surface area contributed by atoms with Crippen molar-refractivity contribution in [2.45, 2.75) is 13.0 Å². The van der Waals surface area contributed by atoms with Gasteiger partial charge in [0.05, 0.1) is 19.1 Å². The van der Waals surface area contributed by atoms with Gasteiger partial charge in [-0.2, -0.15) is 0 Å². The average molecular weight is 175 g/mol. The van der Waals surface area contributed by atoms with Crippen LogP contribution in [0.1, 0.15) is 6.92 Å². The van der Waals surface area contributed by atoms with Crippen molar-refractivity contribution >= 4 is 5.90 Å². The first-order valence-corrected chi connectivity index (χ1v) is 4.46. The van der Waals surface area contributed by atoms with E-state index in [-0.39, 0.29) is 12.0 Å². The molecule has 0 N–H and O–H groups in total. The molecule has 2 heterocycles. The SMILES string of the molecule is COC1=NC2C=CC=CC1C=C2C. The van der Waals surface area contributed by atoms with Gasteiger partial charge in [-0.1, -0.05) is 30.4 Å². The fourth-order valence-electron chi connectivity index (χ4n) is 1.65. The van der Waals surface area contributed by atoms with Gasteiger partial charge in [0.15, 0.2) is 5.90 Å². The Hall–Kier alpha value is -1.31. The summed E-state index contributed by atoms with van der Waals surface area (Å²) in [4.78, 5) is 4.49. The predicted molar refractivity (Wildman–Crippen MR) is 53.8 cm³/mol. The standard InChI is InChI=1S/C11H13NO/c1-8-7-9-5-3-4-6-10(8)12-11(9)13-2/h3-7,9-10H,1-2H3. The monoisotopic (exact) mass is 175 g/mol. The van der Waals surface area contributed by atoms with Crippen LogP contribution in [0.2, 0.25) is 0 Å². The van der Waals surface area contributed by atoms with Crippen molar-refractivity contribution in [2.75, 3.05) is 7.11 Å². The molecule has 0 aromatic carbocycles. The number of fused-ring (bicyclic) bond motifs is 1. The lowest BCUT2D eigenvalue weighted by molar-refractivity contribution is 0.379. The van der Waals surface area contributed by atoms with E-state index in [9.17, 15) is 0 Å². The highest BCUT2D eigenvalue weighted by atomic mass is 16.5. The summed E-state index contributed by atoms with van der Waals surface area (Å²) in [6, 6.07) is 0.177. The first kappa shape index (κ1) is 8.30. The Balaban J connectivity index is 2.42. The number of nitrogens with zero attached hydrogens (tertiary/aromatic N) is 1. The Morgan fingerprint density at radius 3 is 2.85 bits per heavy atom. The van der Waals surface area contributed by atoms with Crippen LogP contribution >= 0.6 is 0 Å². The zero-order valence-corrected chi connectivity index (χ0v) is 7.90. The van der Waals surface area contributed by atoms with Crippen molar-refractivity contribution in [3.63, 3.8) is 0 Å². The van der Waals surface area contributed by atoms with Crippen LogP contribution in [0, 0.1) is 5.92 Å². The lowest BCUT2D eigenvalue weighted by Gasteiger charge is -2.22. The summed E-state index contributed by atoms with van der Waals surface area (Å²) in [5.74, 6) is 1.04. The van der Waals surface area contributed by atoms with Crippen LogP contribution in [-0.2, 0) is 4.74 Å². The Labute approximate surface area is 78.3 Å². The van der Waals surface area contributed by atoms with Crippen LogP contribution < -0.4 is 0 Å². The molecular formula is C11H13NO. The van der Waals surface area contributed by atoms with Crippen LogP contribution in [0.3, 0.4) is 0 Å². The fraction of sp³-hybridized carbons (Fsp3) is 0.364. The molecule has 2 bridgehead atoms. The van der Waals surface area contributed by atoms with Crippen molar-refractivity contribution in [3.8, 4) is 0 Å². The number of aliphatic imine (C=N–C) groups is 1. The van der Waals surface area contributed by atoms with Crippen molar-refractivity contribution in [2.24, 2.45) is 10.9 Å². The summed E-state index contributed by atoms with van der Waals surface area (Å²) in [7, 11) is 1.68. The van der Waals surface area contributed by atoms with Crippen molar-refractivity contribution in [1.29, 1.82) is 0 Å². The number of methoxy groups -OCH3 is 1. The second-order valence-corrected chi connectivity index (χ2v) is 3.32. The maximum Gasteiger partial charge on any atom is 0.194 e. The molecule has 0 amide bonds. The van der Waals surface area contributed by atoms with Gasteiger partial charge in [-0.25, -0.2) is 4.99 Å². The largest absolute Gasteiger partial charge is 0.484 e. The Kier molecular flexibility index (Phi) is 2.05. The van der Waals surface area contributed by atoms with Crippen LogP contribution in [0.15, 0.2) is 40.9 Å². The Morgan fingerprint density at radius 2 is 2.08 bits per heavy atom. The lowest BCUT2D eigenvalue weighted by Crippen LogP contribution is -2.23. The molecule has 3 aliphatic rings. The molecule has 2 heteroatoms. The van der Waals surface area contributed by atoms with E-state index in [1.807, 2.05) is 12.2 Å². The van der Waals surface area contributed by atoms with Gasteiger partial charge in [0.25, 0.3) is 0 Å². The van der Waals surface area contributed by atoms with Crippen molar-refractivity contribution in [3.05, 3.63) is 36.0 Å². The quantitative estimate of drug-likeness (QED) is 0.517. The zero-order valence-electron chi connectivity index (χ0n) is 7.90. The van der Waals surface area contributed by atoms with Gasteiger partial charge in [-0.15, -0.1) is 0 Å². The van der Waals surface area contributed by atoms with Gasteiger partial charge >= 0.3 is 0 Å². The normalized spacial score (nSPS) is 30.6. The second kappa shape index (κ2) is 3.21. The van der Waals surface area contributed by atoms with Gasteiger partial charge < -0.3 is 4.74 Å². The maximum absolute atomic E-state index is 5.23.